The van der Waals surface area contributed by atoms with Crippen molar-refractivity contribution < 1.29 is 9.53 Å². The molecule has 1 unspecified atom stereocenters. The van der Waals surface area contributed by atoms with Crippen LogP contribution in [0, 0.1) is 0 Å². The van der Waals surface area contributed by atoms with E-state index in [1.807, 2.05) is 43.3 Å². The van der Waals surface area contributed by atoms with Gasteiger partial charge in [0.15, 0.2) is 0 Å². The largest absolute Gasteiger partial charge is 0.466 e. The summed E-state index contributed by atoms with van der Waals surface area (Å²) in [5, 5.41) is 0. The van der Waals surface area contributed by atoms with Crippen molar-refractivity contribution in [2.45, 2.75) is 25.8 Å². The van der Waals surface area contributed by atoms with E-state index < -0.39 is 0 Å². The fourth-order valence-electron chi connectivity index (χ4n) is 1.74. The molecule has 0 bridgehead atoms. The molecule has 4 nitrogen and oxygen atoms in total. The van der Waals surface area contributed by atoms with Crippen LogP contribution in [0.5, 0.6) is 0 Å². The van der Waals surface area contributed by atoms with Gasteiger partial charge >= 0.3 is 5.97 Å². The molecule has 0 heterocycles. The molecule has 0 spiro atoms. The zero-order valence-corrected chi connectivity index (χ0v) is 11.3. The third-order valence-electron chi connectivity index (χ3n) is 2.68. The van der Waals surface area contributed by atoms with Crippen molar-refractivity contribution in [2.24, 2.45) is 5.73 Å². The fourth-order valence-corrected chi connectivity index (χ4v) is 1.74. The topological polar surface area (TPSA) is 55.6 Å². The number of nitrogens with zero attached hydrogens (tertiary/aromatic N) is 1. The molecule has 0 saturated carbocycles. The van der Waals surface area contributed by atoms with E-state index in [1.165, 1.54) is 0 Å². The average Bonchev–Trinajstić information content (AvgIpc) is 2.29. The molecule has 0 amide bonds. The molecule has 0 aliphatic carbocycles. The van der Waals surface area contributed by atoms with Crippen LogP contribution in [0.2, 0.25) is 0 Å². The number of benzene rings is 1. The van der Waals surface area contributed by atoms with Gasteiger partial charge in [0, 0.05) is 25.8 Å². The Morgan fingerprint density at radius 1 is 1.33 bits per heavy atom. The quantitative estimate of drug-likeness (QED) is 0.779. The highest BCUT2D eigenvalue weighted by atomic mass is 16.5. The minimum Gasteiger partial charge on any atom is -0.466 e. The Kier molecular flexibility index (Phi) is 5.65. The molecule has 0 aromatic heterocycles. The smallest absolute Gasteiger partial charge is 0.307 e. The first kappa shape index (κ1) is 14.5. The van der Waals surface area contributed by atoms with E-state index in [9.17, 15) is 4.79 Å². The van der Waals surface area contributed by atoms with E-state index in [1.54, 1.807) is 6.92 Å². The lowest BCUT2D eigenvalue weighted by Gasteiger charge is -2.14. The van der Waals surface area contributed by atoms with E-state index in [-0.39, 0.29) is 18.4 Å². The van der Waals surface area contributed by atoms with Gasteiger partial charge in [0.1, 0.15) is 0 Å². The third kappa shape index (κ3) is 4.75. The van der Waals surface area contributed by atoms with Crippen LogP contribution < -0.4 is 10.6 Å². The Bertz CT molecular complexity index is 374. The number of carbonyl (C=O) groups excluding carboxylic acids is 1. The number of esters is 1. The molecule has 0 saturated heterocycles. The molecular formula is C14H22N2O2. The first-order chi connectivity index (χ1) is 8.52. The number of nitrogens with two attached hydrogens (primary N) is 1. The van der Waals surface area contributed by atoms with Gasteiger partial charge < -0.3 is 15.4 Å². The van der Waals surface area contributed by atoms with Gasteiger partial charge in [0.2, 0.25) is 0 Å². The number of rotatable bonds is 6. The summed E-state index contributed by atoms with van der Waals surface area (Å²) in [6.45, 7) is 2.20. The van der Waals surface area contributed by atoms with Crippen LogP contribution >= 0.6 is 0 Å². The van der Waals surface area contributed by atoms with Gasteiger partial charge in [-0.3, -0.25) is 4.79 Å². The molecule has 1 rings (SSSR count). The zero-order valence-electron chi connectivity index (χ0n) is 11.3. The second kappa shape index (κ2) is 7.01. The predicted molar refractivity (Wildman–Crippen MR) is 73.7 cm³/mol. The maximum Gasteiger partial charge on any atom is 0.307 e. The Labute approximate surface area is 109 Å². The first-order valence-electron chi connectivity index (χ1n) is 6.20. The van der Waals surface area contributed by atoms with Crippen molar-refractivity contribution in [3.63, 3.8) is 0 Å². The lowest BCUT2D eigenvalue weighted by molar-refractivity contribution is -0.143. The van der Waals surface area contributed by atoms with E-state index in [4.69, 9.17) is 10.5 Å². The molecule has 0 aliphatic heterocycles. The minimum atomic E-state index is -0.227. The number of carbonyl (C=O) groups is 1. The summed E-state index contributed by atoms with van der Waals surface area (Å²) < 4.78 is 4.88. The van der Waals surface area contributed by atoms with Crippen molar-refractivity contribution >= 4 is 11.7 Å². The SMILES string of the molecule is CCOC(=O)CC(N)Cc1ccc(N(C)C)cc1. The highest BCUT2D eigenvalue weighted by molar-refractivity contribution is 5.70. The molecule has 2 N–H and O–H groups in total. The number of hydrogen-bond acceptors (Lipinski definition) is 4. The number of ether oxygens (including phenoxy) is 1. The monoisotopic (exact) mass is 250 g/mol. The molecule has 100 valence electrons. The Morgan fingerprint density at radius 2 is 1.94 bits per heavy atom. The van der Waals surface area contributed by atoms with Crippen LogP contribution in [0.15, 0.2) is 24.3 Å². The highest BCUT2D eigenvalue weighted by Gasteiger charge is 2.11. The van der Waals surface area contributed by atoms with E-state index in [0.29, 0.717) is 13.0 Å². The van der Waals surface area contributed by atoms with Crippen LogP contribution in [0.3, 0.4) is 0 Å². The molecule has 0 radical (unpaired) electrons. The second-order valence-corrected chi connectivity index (χ2v) is 4.53. The van der Waals surface area contributed by atoms with Crippen LogP contribution in [0.1, 0.15) is 18.9 Å². The molecule has 0 fully saturated rings. The van der Waals surface area contributed by atoms with Crippen molar-refractivity contribution in [3.05, 3.63) is 29.8 Å². The minimum absolute atomic E-state index is 0.186. The molecule has 1 aromatic rings. The number of anilines is 1. The van der Waals surface area contributed by atoms with E-state index >= 15 is 0 Å². The van der Waals surface area contributed by atoms with Crippen LogP contribution in [0.4, 0.5) is 5.69 Å². The maximum atomic E-state index is 11.3. The van der Waals surface area contributed by atoms with E-state index in [0.717, 1.165) is 11.3 Å². The van der Waals surface area contributed by atoms with Gasteiger partial charge in [0.05, 0.1) is 13.0 Å². The summed E-state index contributed by atoms with van der Waals surface area (Å²) in [4.78, 5) is 13.3. The first-order valence-corrected chi connectivity index (χ1v) is 6.20. The summed E-state index contributed by atoms with van der Waals surface area (Å²) >= 11 is 0. The molecule has 1 aromatic carbocycles. The summed E-state index contributed by atoms with van der Waals surface area (Å²) in [7, 11) is 4.00. The van der Waals surface area contributed by atoms with Crippen molar-refractivity contribution in [1.82, 2.24) is 0 Å². The van der Waals surface area contributed by atoms with Crippen LogP contribution in [0.25, 0.3) is 0 Å². The normalized spacial score (nSPS) is 12.0. The van der Waals surface area contributed by atoms with Gasteiger partial charge in [-0.15, -0.1) is 0 Å². The Balaban J connectivity index is 2.49. The lowest BCUT2D eigenvalue weighted by Crippen LogP contribution is -2.27. The summed E-state index contributed by atoms with van der Waals surface area (Å²) in [5.74, 6) is -0.227. The fraction of sp³-hybridized carbons (Fsp3) is 0.500. The Hall–Kier alpha value is -1.55. The van der Waals surface area contributed by atoms with Crippen LogP contribution in [-0.4, -0.2) is 32.7 Å². The standard InChI is InChI=1S/C14H22N2O2/c1-4-18-14(17)10-12(15)9-11-5-7-13(8-6-11)16(2)3/h5-8,12H,4,9-10,15H2,1-3H3. The molecule has 0 aliphatic rings. The molecule has 4 heteroatoms. The van der Waals surface area contributed by atoms with Gasteiger partial charge in [-0.05, 0) is 31.0 Å². The van der Waals surface area contributed by atoms with Gasteiger partial charge in [-0.2, -0.15) is 0 Å². The molecule has 18 heavy (non-hydrogen) atoms. The van der Waals surface area contributed by atoms with E-state index in [2.05, 4.69) is 0 Å². The lowest BCUT2D eigenvalue weighted by atomic mass is 10.0. The van der Waals surface area contributed by atoms with Crippen molar-refractivity contribution in [1.29, 1.82) is 0 Å². The zero-order chi connectivity index (χ0) is 13.5. The average molecular weight is 250 g/mol. The second-order valence-electron chi connectivity index (χ2n) is 4.53. The highest BCUT2D eigenvalue weighted by Crippen LogP contribution is 2.13. The van der Waals surface area contributed by atoms with Crippen molar-refractivity contribution in [2.75, 3.05) is 25.6 Å². The maximum absolute atomic E-state index is 11.3. The predicted octanol–water partition coefficient (Wildman–Crippen LogP) is 1.58. The van der Waals surface area contributed by atoms with Crippen LogP contribution in [-0.2, 0) is 16.0 Å². The van der Waals surface area contributed by atoms with Gasteiger partial charge in [-0.25, -0.2) is 0 Å². The van der Waals surface area contributed by atoms with Gasteiger partial charge in [-0.1, -0.05) is 12.1 Å². The molecular weight excluding hydrogens is 228 g/mol. The summed E-state index contributed by atoms with van der Waals surface area (Å²) in [6.07, 6.45) is 0.954. The summed E-state index contributed by atoms with van der Waals surface area (Å²) in [5.41, 5.74) is 8.21. The third-order valence-corrected chi connectivity index (χ3v) is 2.68. The van der Waals surface area contributed by atoms with Crippen molar-refractivity contribution in [3.8, 4) is 0 Å². The Morgan fingerprint density at radius 3 is 2.44 bits per heavy atom. The molecule has 1 atom stereocenters. The van der Waals surface area contributed by atoms with Gasteiger partial charge in [0.25, 0.3) is 0 Å². The summed E-state index contributed by atoms with van der Waals surface area (Å²) in [6, 6.07) is 7.99. The number of hydrogen-bond donors (Lipinski definition) is 1.